The molecule has 0 aliphatic carbocycles. The number of hydrazine groups is 1. The van der Waals surface area contributed by atoms with E-state index < -0.39 is 0 Å². The summed E-state index contributed by atoms with van der Waals surface area (Å²) in [6.07, 6.45) is 0.203. The number of nitrogens with two attached hydrogens (primary N) is 1. The largest absolute Gasteiger partial charge is 0.377 e. The van der Waals surface area contributed by atoms with Crippen LogP contribution in [0.1, 0.15) is 36.8 Å². The molecule has 0 aromatic carbocycles. The van der Waals surface area contributed by atoms with Crippen molar-refractivity contribution >= 4 is 0 Å². The summed E-state index contributed by atoms with van der Waals surface area (Å²) in [6.45, 7) is 8.54. The summed E-state index contributed by atoms with van der Waals surface area (Å²) < 4.78 is 5.56. The van der Waals surface area contributed by atoms with Crippen LogP contribution >= 0.6 is 0 Å². The van der Waals surface area contributed by atoms with Gasteiger partial charge in [0.25, 0.3) is 0 Å². The zero-order valence-corrected chi connectivity index (χ0v) is 10.4. The maximum atomic E-state index is 5.56. The number of ether oxygens (including phenoxy) is 1. The van der Waals surface area contributed by atoms with Crippen molar-refractivity contribution in [1.82, 2.24) is 10.4 Å². The third kappa shape index (κ3) is 3.56. The van der Waals surface area contributed by atoms with E-state index >= 15 is 0 Å². The fourth-order valence-corrected chi connectivity index (χ4v) is 1.58. The lowest BCUT2D eigenvalue weighted by Gasteiger charge is -2.19. The van der Waals surface area contributed by atoms with Crippen LogP contribution in [0.4, 0.5) is 0 Å². The molecule has 1 aromatic heterocycles. The zero-order valence-electron chi connectivity index (χ0n) is 10.4. The van der Waals surface area contributed by atoms with Crippen molar-refractivity contribution in [2.45, 2.75) is 39.8 Å². The third-order valence-corrected chi connectivity index (χ3v) is 2.44. The van der Waals surface area contributed by atoms with Crippen molar-refractivity contribution in [3.8, 4) is 0 Å². The Morgan fingerprint density at radius 1 is 1.38 bits per heavy atom. The van der Waals surface area contributed by atoms with E-state index in [9.17, 15) is 0 Å². The highest BCUT2D eigenvalue weighted by Crippen LogP contribution is 2.16. The summed E-state index contributed by atoms with van der Waals surface area (Å²) in [5, 5.41) is 0. The Morgan fingerprint density at radius 3 is 2.56 bits per heavy atom. The molecule has 90 valence electrons. The van der Waals surface area contributed by atoms with Gasteiger partial charge in [0.15, 0.2) is 0 Å². The number of pyridine rings is 1. The molecule has 0 saturated heterocycles. The summed E-state index contributed by atoms with van der Waals surface area (Å²) >= 11 is 0. The van der Waals surface area contributed by atoms with E-state index in [-0.39, 0.29) is 12.1 Å². The van der Waals surface area contributed by atoms with E-state index in [4.69, 9.17) is 10.6 Å². The first-order valence-electron chi connectivity index (χ1n) is 5.56. The van der Waals surface area contributed by atoms with Gasteiger partial charge in [0.05, 0.1) is 18.8 Å². The lowest BCUT2D eigenvalue weighted by molar-refractivity contribution is 0.0609. The molecule has 0 fully saturated rings. The van der Waals surface area contributed by atoms with Gasteiger partial charge in [-0.1, -0.05) is 6.07 Å². The monoisotopic (exact) mass is 223 g/mol. The average Bonchev–Trinajstić information content (AvgIpc) is 2.21. The molecular weight excluding hydrogens is 202 g/mol. The summed E-state index contributed by atoms with van der Waals surface area (Å²) in [5.41, 5.74) is 5.87. The fourth-order valence-electron chi connectivity index (χ4n) is 1.58. The van der Waals surface area contributed by atoms with Crippen molar-refractivity contribution in [1.29, 1.82) is 0 Å². The Morgan fingerprint density at radius 2 is 2.06 bits per heavy atom. The fraction of sp³-hybridized carbons (Fsp3) is 0.583. The van der Waals surface area contributed by atoms with Crippen LogP contribution in [0.15, 0.2) is 12.1 Å². The van der Waals surface area contributed by atoms with Gasteiger partial charge in [0.1, 0.15) is 0 Å². The Bertz CT molecular complexity index is 339. The van der Waals surface area contributed by atoms with Crippen molar-refractivity contribution < 1.29 is 4.74 Å². The van der Waals surface area contributed by atoms with E-state index in [1.807, 2.05) is 39.8 Å². The molecule has 0 radical (unpaired) electrons. The molecule has 1 unspecified atom stereocenters. The number of nitrogens with one attached hydrogen (secondary N) is 1. The van der Waals surface area contributed by atoms with Crippen LogP contribution in [0.2, 0.25) is 0 Å². The molecule has 1 aromatic rings. The van der Waals surface area contributed by atoms with E-state index in [2.05, 4.69) is 10.4 Å². The van der Waals surface area contributed by atoms with E-state index in [0.29, 0.717) is 6.61 Å². The molecule has 4 heteroatoms. The predicted molar refractivity (Wildman–Crippen MR) is 64.9 cm³/mol. The first-order chi connectivity index (χ1) is 7.54. The molecule has 1 heterocycles. The van der Waals surface area contributed by atoms with Gasteiger partial charge < -0.3 is 4.74 Å². The van der Waals surface area contributed by atoms with Crippen LogP contribution in [0, 0.1) is 13.8 Å². The van der Waals surface area contributed by atoms with Crippen LogP contribution in [0.5, 0.6) is 0 Å². The van der Waals surface area contributed by atoms with E-state index in [0.717, 1.165) is 17.0 Å². The van der Waals surface area contributed by atoms with Gasteiger partial charge in [-0.3, -0.25) is 16.3 Å². The number of nitrogens with zero attached hydrogens (tertiary/aromatic N) is 1. The van der Waals surface area contributed by atoms with Gasteiger partial charge in [0.2, 0.25) is 0 Å². The molecule has 0 aliphatic rings. The van der Waals surface area contributed by atoms with Crippen molar-refractivity contribution in [2.75, 3.05) is 6.61 Å². The Labute approximate surface area is 97.2 Å². The summed E-state index contributed by atoms with van der Waals surface area (Å²) in [5.74, 6) is 5.54. The highest BCUT2D eigenvalue weighted by Gasteiger charge is 2.13. The molecule has 1 atom stereocenters. The van der Waals surface area contributed by atoms with E-state index in [1.54, 1.807) is 0 Å². The first kappa shape index (κ1) is 13.1. The first-order valence-corrected chi connectivity index (χ1v) is 5.56. The highest BCUT2D eigenvalue weighted by atomic mass is 16.5. The van der Waals surface area contributed by atoms with Crippen LogP contribution < -0.4 is 11.3 Å². The average molecular weight is 223 g/mol. The van der Waals surface area contributed by atoms with Gasteiger partial charge in [-0.2, -0.15) is 0 Å². The summed E-state index contributed by atoms with van der Waals surface area (Å²) in [7, 11) is 0. The molecule has 0 bridgehead atoms. The molecular formula is C12H21N3O. The van der Waals surface area contributed by atoms with Gasteiger partial charge in [-0.05, 0) is 39.3 Å². The molecule has 0 saturated carbocycles. The minimum Gasteiger partial charge on any atom is -0.377 e. The third-order valence-electron chi connectivity index (χ3n) is 2.44. The van der Waals surface area contributed by atoms with Crippen molar-refractivity contribution in [3.63, 3.8) is 0 Å². The van der Waals surface area contributed by atoms with E-state index in [1.165, 1.54) is 0 Å². The predicted octanol–water partition coefficient (Wildman–Crippen LogP) is 1.63. The maximum absolute atomic E-state index is 5.56. The molecule has 3 N–H and O–H groups in total. The number of aromatic nitrogens is 1. The highest BCUT2D eigenvalue weighted by molar-refractivity contribution is 5.25. The minimum absolute atomic E-state index is 0.00417. The maximum Gasteiger partial charge on any atom is 0.0711 e. The van der Waals surface area contributed by atoms with Crippen LogP contribution in [0.25, 0.3) is 0 Å². The van der Waals surface area contributed by atoms with Crippen LogP contribution in [-0.4, -0.2) is 17.7 Å². The molecule has 0 aliphatic heterocycles. The Balaban J connectivity index is 2.78. The van der Waals surface area contributed by atoms with Crippen LogP contribution in [-0.2, 0) is 4.74 Å². The quantitative estimate of drug-likeness (QED) is 0.588. The summed E-state index contributed by atoms with van der Waals surface area (Å²) in [4.78, 5) is 4.42. The standard InChI is InChI=1S/C12H21N3O/c1-8(2)16-7-12(15-13)11-6-5-9(3)14-10(11)4/h5-6,8,12,15H,7,13H2,1-4H3. The number of rotatable bonds is 5. The molecule has 0 spiro atoms. The lowest BCUT2D eigenvalue weighted by atomic mass is 10.1. The normalized spacial score (nSPS) is 13.1. The summed E-state index contributed by atoms with van der Waals surface area (Å²) in [6, 6.07) is 4.03. The van der Waals surface area contributed by atoms with Crippen LogP contribution in [0.3, 0.4) is 0 Å². The number of hydrogen-bond acceptors (Lipinski definition) is 4. The van der Waals surface area contributed by atoms with Crippen molar-refractivity contribution in [3.05, 3.63) is 29.1 Å². The number of aryl methyl sites for hydroxylation is 2. The smallest absolute Gasteiger partial charge is 0.0711 e. The Kier molecular flexibility index (Phi) is 4.86. The molecule has 0 amide bonds. The van der Waals surface area contributed by atoms with Gasteiger partial charge >= 0.3 is 0 Å². The van der Waals surface area contributed by atoms with Gasteiger partial charge in [-0.25, -0.2) is 0 Å². The van der Waals surface area contributed by atoms with Gasteiger partial charge in [0, 0.05) is 11.4 Å². The molecule has 16 heavy (non-hydrogen) atoms. The topological polar surface area (TPSA) is 60.2 Å². The SMILES string of the molecule is Cc1ccc(C(COC(C)C)NN)c(C)n1. The minimum atomic E-state index is -0.00417. The van der Waals surface area contributed by atoms with Gasteiger partial charge in [-0.15, -0.1) is 0 Å². The Hall–Kier alpha value is -0.970. The molecule has 4 nitrogen and oxygen atoms in total. The molecule has 1 rings (SSSR count). The lowest BCUT2D eigenvalue weighted by Crippen LogP contribution is -2.32. The number of hydrogen-bond donors (Lipinski definition) is 2. The second kappa shape index (κ2) is 5.94. The zero-order chi connectivity index (χ0) is 12.1. The second-order valence-corrected chi connectivity index (χ2v) is 4.23. The van der Waals surface area contributed by atoms with Crippen molar-refractivity contribution in [2.24, 2.45) is 5.84 Å². The second-order valence-electron chi connectivity index (χ2n) is 4.23.